The van der Waals surface area contributed by atoms with Crippen LogP contribution in [0.2, 0.25) is 5.02 Å². The van der Waals surface area contributed by atoms with Gasteiger partial charge in [-0.25, -0.2) is 4.98 Å². The van der Waals surface area contributed by atoms with Gasteiger partial charge in [-0.1, -0.05) is 30.7 Å². The second kappa shape index (κ2) is 8.07. The fraction of sp³-hybridized carbons (Fsp3) is 0.130. The van der Waals surface area contributed by atoms with Crippen molar-refractivity contribution < 1.29 is 22.4 Å². The predicted molar refractivity (Wildman–Crippen MR) is 113 cm³/mol. The van der Waals surface area contributed by atoms with Crippen molar-refractivity contribution in [1.82, 2.24) is 4.98 Å². The summed E-state index contributed by atoms with van der Waals surface area (Å²) in [4.78, 5) is 17.0. The molecule has 31 heavy (non-hydrogen) atoms. The van der Waals surface area contributed by atoms with Gasteiger partial charge in [0.05, 0.1) is 16.1 Å². The lowest BCUT2D eigenvalue weighted by Crippen LogP contribution is -2.14. The van der Waals surface area contributed by atoms with Gasteiger partial charge in [0.25, 0.3) is 5.91 Å². The molecule has 4 nitrogen and oxygen atoms in total. The Morgan fingerprint density at radius 2 is 1.81 bits per heavy atom. The van der Waals surface area contributed by atoms with Crippen molar-refractivity contribution in [3.8, 4) is 11.5 Å². The van der Waals surface area contributed by atoms with Crippen molar-refractivity contribution in [3.05, 3.63) is 82.4 Å². The van der Waals surface area contributed by atoms with Crippen molar-refractivity contribution in [2.45, 2.75) is 19.5 Å². The van der Waals surface area contributed by atoms with Crippen LogP contribution in [0.5, 0.6) is 0 Å². The molecule has 0 spiro atoms. The largest absolute Gasteiger partial charge is 0.436 e. The number of nitrogens with one attached hydrogen (secondary N) is 1. The van der Waals surface area contributed by atoms with Gasteiger partial charge in [0, 0.05) is 11.3 Å². The van der Waals surface area contributed by atoms with E-state index in [1.165, 1.54) is 5.56 Å². The first-order chi connectivity index (χ1) is 14.7. The number of aromatic nitrogens is 1. The topological polar surface area (TPSA) is 55.1 Å². The number of alkyl halides is 3. The lowest BCUT2D eigenvalue weighted by Gasteiger charge is -2.11. The van der Waals surface area contributed by atoms with Crippen molar-refractivity contribution in [1.29, 1.82) is 0 Å². The number of oxazole rings is 1. The Hall–Kier alpha value is -3.32. The average molecular weight is 445 g/mol. The van der Waals surface area contributed by atoms with Crippen molar-refractivity contribution in [2.24, 2.45) is 0 Å². The van der Waals surface area contributed by atoms with Gasteiger partial charge in [0.1, 0.15) is 5.52 Å². The zero-order valence-corrected chi connectivity index (χ0v) is 17.0. The molecular formula is C23H16ClF3N2O2. The van der Waals surface area contributed by atoms with E-state index >= 15 is 0 Å². The standard InChI is InChI=1S/C23H16ClF3N2O2/c1-2-13-3-5-14(6-4-13)22-29-19-12-16(8-10-20(19)31-22)28-21(30)17-11-15(23(25,26)27)7-9-18(17)24/h3-12H,2H2,1H3,(H,28,30). The fourth-order valence-electron chi connectivity index (χ4n) is 3.09. The van der Waals surface area contributed by atoms with Crippen LogP contribution in [0.3, 0.4) is 0 Å². The molecule has 1 N–H and O–H groups in total. The molecule has 8 heteroatoms. The van der Waals surface area contributed by atoms with Gasteiger partial charge >= 0.3 is 6.18 Å². The first-order valence-corrected chi connectivity index (χ1v) is 9.80. The molecule has 158 valence electrons. The molecule has 1 heterocycles. The SMILES string of the molecule is CCc1ccc(-c2nc3cc(NC(=O)c4cc(C(F)(F)F)ccc4Cl)ccc3o2)cc1. The van der Waals surface area contributed by atoms with Crippen LogP contribution in [0.4, 0.5) is 18.9 Å². The van der Waals surface area contributed by atoms with Crippen LogP contribution in [-0.4, -0.2) is 10.9 Å². The highest BCUT2D eigenvalue weighted by atomic mass is 35.5. The van der Waals surface area contributed by atoms with E-state index in [1.54, 1.807) is 18.2 Å². The third-order valence-corrected chi connectivity index (χ3v) is 5.12. The molecule has 0 aliphatic carbocycles. The van der Waals surface area contributed by atoms with Crippen LogP contribution in [-0.2, 0) is 12.6 Å². The molecule has 0 aliphatic heterocycles. The molecule has 1 aromatic heterocycles. The number of amides is 1. The number of anilines is 1. The Morgan fingerprint density at radius 3 is 2.48 bits per heavy atom. The van der Waals surface area contributed by atoms with E-state index < -0.39 is 17.6 Å². The summed E-state index contributed by atoms with van der Waals surface area (Å²) in [6.07, 6.45) is -3.65. The van der Waals surface area contributed by atoms with Crippen molar-refractivity contribution >= 4 is 34.3 Å². The molecule has 0 fully saturated rings. The maximum absolute atomic E-state index is 13.0. The Morgan fingerprint density at radius 1 is 1.06 bits per heavy atom. The zero-order chi connectivity index (χ0) is 22.2. The number of hydrogen-bond acceptors (Lipinski definition) is 3. The number of aryl methyl sites for hydroxylation is 1. The average Bonchev–Trinajstić information content (AvgIpc) is 3.16. The van der Waals surface area contributed by atoms with E-state index in [1.807, 2.05) is 24.3 Å². The molecule has 0 bridgehead atoms. The minimum Gasteiger partial charge on any atom is -0.436 e. The first-order valence-electron chi connectivity index (χ1n) is 9.42. The number of nitrogens with zero attached hydrogens (tertiary/aromatic N) is 1. The number of carbonyl (C=O) groups excluding carboxylic acids is 1. The molecule has 0 saturated heterocycles. The third kappa shape index (κ3) is 4.41. The molecule has 1 amide bonds. The Labute approximate surface area is 180 Å². The summed E-state index contributed by atoms with van der Waals surface area (Å²) in [7, 11) is 0. The molecule has 4 rings (SSSR count). The van der Waals surface area contributed by atoms with Gasteiger partial charge in [0.2, 0.25) is 5.89 Å². The van der Waals surface area contributed by atoms with Crippen molar-refractivity contribution in [3.63, 3.8) is 0 Å². The van der Waals surface area contributed by atoms with Gasteiger partial charge in [-0.15, -0.1) is 0 Å². The Bertz CT molecular complexity index is 1260. The molecule has 4 aromatic rings. The molecule has 0 radical (unpaired) electrons. The Kier molecular flexibility index (Phi) is 5.45. The monoisotopic (exact) mass is 444 g/mol. The zero-order valence-electron chi connectivity index (χ0n) is 16.3. The number of halogens is 4. The highest BCUT2D eigenvalue weighted by Crippen LogP contribution is 2.32. The van der Waals surface area contributed by atoms with Crippen LogP contribution in [0.15, 0.2) is 65.1 Å². The quantitative estimate of drug-likeness (QED) is 0.369. The first kappa shape index (κ1) is 20.9. The highest BCUT2D eigenvalue weighted by Gasteiger charge is 2.31. The fourth-order valence-corrected chi connectivity index (χ4v) is 3.29. The van der Waals surface area contributed by atoms with E-state index in [0.717, 1.165) is 30.2 Å². The van der Waals surface area contributed by atoms with Gasteiger partial charge in [-0.3, -0.25) is 4.79 Å². The summed E-state index contributed by atoms with van der Waals surface area (Å²) in [5, 5.41) is 2.48. The van der Waals surface area contributed by atoms with Gasteiger partial charge in [0.15, 0.2) is 5.58 Å². The second-order valence-corrected chi connectivity index (χ2v) is 7.31. The van der Waals surface area contributed by atoms with Gasteiger partial charge in [-0.2, -0.15) is 13.2 Å². The number of hydrogen-bond donors (Lipinski definition) is 1. The lowest BCUT2D eigenvalue weighted by atomic mass is 10.1. The number of benzene rings is 3. The van der Waals surface area contributed by atoms with Gasteiger partial charge in [-0.05, 0) is 60.5 Å². The minimum absolute atomic E-state index is 0.0779. The van der Waals surface area contributed by atoms with E-state index in [0.29, 0.717) is 22.7 Å². The van der Waals surface area contributed by atoms with E-state index in [4.69, 9.17) is 16.0 Å². The summed E-state index contributed by atoms with van der Waals surface area (Å²) in [6.45, 7) is 2.07. The third-order valence-electron chi connectivity index (χ3n) is 4.79. The smallest absolute Gasteiger partial charge is 0.416 e. The molecule has 0 saturated carbocycles. The molecule has 3 aromatic carbocycles. The summed E-state index contributed by atoms with van der Waals surface area (Å²) >= 11 is 5.94. The Balaban J connectivity index is 1.60. The maximum atomic E-state index is 13.0. The van der Waals surface area contributed by atoms with Crippen LogP contribution in [0.1, 0.15) is 28.4 Å². The van der Waals surface area contributed by atoms with Crippen LogP contribution in [0, 0.1) is 0 Å². The van der Waals surface area contributed by atoms with E-state index in [9.17, 15) is 18.0 Å². The predicted octanol–water partition coefficient (Wildman–Crippen LogP) is 6.98. The molecule has 0 unspecified atom stereocenters. The number of carbonyl (C=O) groups is 1. The van der Waals surface area contributed by atoms with Crippen molar-refractivity contribution in [2.75, 3.05) is 5.32 Å². The molecule has 0 aliphatic rings. The second-order valence-electron chi connectivity index (χ2n) is 6.90. The molecular weight excluding hydrogens is 429 g/mol. The van der Waals surface area contributed by atoms with Crippen LogP contribution in [0.25, 0.3) is 22.6 Å². The normalized spacial score (nSPS) is 11.6. The summed E-state index contributed by atoms with van der Waals surface area (Å²) in [6, 6.07) is 15.2. The van der Waals surface area contributed by atoms with Crippen LogP contribution < -0.4 is 5.32 Å². The van der Waals surface area contributed by atoms with E-state index in [2.05, 4.69) is 17.2 Å². The number of rotatable bonds is 4. The minimum atomic E-state index is -4.58. The van der Waals surface area contributed by atoms with Gasteiger partial charge < -0.3 is 9.73 Å². The summed E-state index contributed by atoms with van der Waals surface area (Å²) in [5.41, 5.74) is 2.16. The summed E-state index contributed by atoms with van der Waals surface area (Å²) < 4.78 is 44.6. The highest BCUT2D eigenvalue weighted by molar-refractivity contribution is 6.34. The van der Waals surface area contributed by atoms with E-state index in [-0.39, 0.29) is 10.6 Å². The van der Waals surface area contributed by atoms with Crippen LogP contribution >= 0.6 is 11.6 Å². The lowest BCUT2D eigenvalue weighted by molar-refractivity contribution is -0.137. The number of fused-ring (bicyclic) bond motifs is 1. The maximum Gasteiger partial charge on any atom is 0.416 e. The molecule has 0 atom stereocenters. The summed E-state index contributed by atoms with van der Waals surface area (Å²) in [5.74, 6) is -0.323.